The molecule has 2 aromatic carbocycles. The quantitative estimate of drug-likeness (QED) is 0.826. The number of nitrogens with zero attached hydrogens (tertiary/aromatic N) is 1. The van der Waals surface area contributed by atoms with Gasteiger partial charge in [0.2, 0.25) is 5.91 Å². The first-order chi connectivity index (χ1) is 12.6. The molecule has 0 aromatic heterocycles. The average molecular weight is 407 g/mol. The van der Waals surface area contributed by atoms with Crippen LogP contribution in [0.1, 0.15) is 37.4 Å². The second-order valence-corrected chi connectivity index (χ2v) is 9.72. The van der Waals surface area contributed by atoms with E-state index in [0.717, 1.165) is 28.9 Å². The van der Waals surface area contributed by atoms with E-state index < -0.39 is 9.84 Å². The summed E-state index contributed by atoms with van der Waals surface area (Å²) in [5, 5.41) is 4.16. The summed E-state index contributed by atoms with van der Waals surface area (Å²) in [4.78, 5) is 14.0. The first kappa shape index (κ1) is 19.7. The molecule has 1 aliphatic rings. The SMILES string of the molecule is CC(=O)N1c2ccc(CS(C)(=O)=O)cc2C(Nc2ccc(Cl)cc2)CC1C. The predicted molar refractivity (Wildman–Crippen MR) is 110 cm³/mol. The fourth-order valence-electron chi connectivity index (χ4n) is 3.67. The minimum absolute atomic E-state index is 0.0236. The first-order valence-electron chi connectivity index (χ1n) is 8.76. The Hall–Kier alpha value is -2.05. The Labute approximate surface area is 165 Å². The zero-order chi connectivity index (χ0) is 19.8. The molecule has 0 aliphatic carbocycles. The Morgan fingerprint density at radius 1 is 1.22 bits per heavy atom. The summed E-state index contributed by atoms with van der Waals surface area (Å²) >= 11 is 5.97. The molecule has 0 bridgehead atoms. The normalized spacial score (nSPS) is 19.5. The van der Waals surface area contributed by atoms with Crippen LogP contribution in [-0.4, -0.2) is 26.6 Å². The van der Waals surface area contributed by atoms with Crippen molar-refractivity contribution < 1.29 is 13.2 Å². The minimum Gasteiger partial charge on any atom is -0.378 e. The highest BCUT2D eigenvalue weighted by molar-refractivity contribution is 7.89. The van der Waals surface area contributed by atoms with E-state index in [9.17, 15) is 13.2 Å². The van der Waals surface area contributed by atoms with Gasteiger partial charge in [0, 0.05) is 35.6 Å². The predicted octanol–water partition coefficient (Wildman–Crippen LogP) is 4.18. The topological polar surface area (TPSA) is 66.5 Å². The molecule has 144 valence electrons. The van der Waals surface area contributed by atoms with Crippen LogP contribution in [0.4, 0.5) is 11.4 Å². The third-order valence-corrected chi connectivity index (χ3v) is 5.81. The molecule has 0 saturated heterocycles. The summed E-state index contributed by atoms with van der Waals surface area (Å²) in [6.07, 6.45) is 1.94. The molecule has 5 nitrogen and oxygen atoms in total. The van der Waals surface area contributed by atoms with Crippen LogP contribution in [0.15, 0.2) is 42.5 Å². The van der Waals surface area contributed by atoms with Crippen molar-refractivity contribution in [1.82, 2.24) is 0 Å². The molecule has 0 fully saturated rings. The van der Waals surface area contributed by atoms with Crippen LogP contribution in [-0.2, 0) is 20.4 Å². The maximum absolute atomic E-state index is 12.2. The van der Waals surface area contributed by atoms with Gasteiger partial charge in [-0.2, -0.15) is 0 Å². The van der Waals surface area contributed by atoms with Gasteiger partial charge in [-0.3, -0.25) is 4.79 Å². The Morgan fingerprint density at radius 3 is 2.48 bits per heavy atom. The molecule has 2 aromatic rings. The number of amides is 1. The molecule has 0 saturated carbocycles. The van der Waals surface area contributed by atoms with E-state index >= 15 is 0 Å². The number of benzene rings is 2. The van der Waals surface area contributed by atoms with Crippen molar-refractivity contribution in [3.05, 3.63) is 58.6 Å². The third kappa shape index (κ3) is 4.62. The zero-order valence-corrected chi connectivity index (χ0v) is 17.1. The maximum atomic E-state index is 12.2. The average Bonchev–Trinajstić information content (AvgIpc) is 2.55. The summed E-state index contributed by atoms with van der Waals surface area (Å²) < 4.78 is 23.4. The molecule has 27 heavy (non-hydrogen) atoms. The molecular formula is C20H23ClN2O3S. The first-order valence-corrected chi connectivity index (χ1v) is 11.2. The van der Waals surface area contributed by atoms with Crippen molar-refractivity contribution in [2.45, 2.75) is 38.1 Å². The molecular weight excluding hydrogens is 384 g/mol. The van der Waals surface area contributed by atoms with Gasteiger partial charge in [0.05, 0.1) is 11.8 Å². The van der Waals surface area contributed by atoms with Crippen LogP contribution in [0.2, 0.25) is 5.02 Å². The number of anilines is 2. The Balaban J connectivity index is 2.02. The van der Waals surface area contributed by atoms with Gasteiger partial charge in [-0.1, -0.05) is 23.7 Å². The molecule has 7 heteroatoms. The van der Waals surface area contributed by atoms with Crippen molar-refractivity contribution in [3.63, 3.8) is 0 Å². The molecule has 3 rings (SSSR count). The van der Waals surface area contributed by atoms with E-state index in [1.54, 1.807) is 17.9 Å². The fourth-order valence-corrected chi connectivity index (χ4v) is 4.58. The Morgan fingerprint density at radius 2 is 1.89 bits per heavy atom. The van der Waals surface area contributed by atoms with Crippen LogP contribution in [0.25, 0.3) is 0 Å². The van der Waals surface area contributed by atoms with Crippen LogP contribution in [0.3, 0.4) is 0 Å². The molecule has 1 heterocycles. The van der Waals surface area contributed by atoms with E-state index in [4.69, 9.17) is 11.6 Å². The lowest BCUT2D eigenvalue weighted by Crippen LogP contribution is -2.43. The van der Waals surface area contributed by atoms with Crippen molar-refractivity contribution in [3.8, 4) is 0 Å². The number of hydrogen-bond acceptors (Lipinski definition) is 4. The summed E-state index contributed by atoms with van der Waals surface area (Å²) in [7, 11) is -3.14. The van der Waals surface area contributed by atoms with Crippen LogP contribution >= 0.6 is 11.6 Å². The number of nitrogens with one attached hydrogen (secondary N) is 1. The van der Waals surface area contributed by atoms with Crippen LogP contribution < -0.4 is 10.2 Å². The van der Waals surface area contributed by atoms with Gasteiger partial charge in [-0.15, -0.1) is 0 Å². The molecule has 1 amide bonds. The highest BCUT2D eigenvalue weighted by Crippen LogP contribution is 2.39. The highest BCUT2D eigenvalue weighted by atomic mass is 35.5. The number of carbonyl (C=O) groups is 1. The Bertz CT molecular complexity index is 958. The largest absolute Gasteiger partial charge is 0.378 e. The number of carbonyl (C=O) groups excluding carboxylic acids is 1. The van der Waals surface area contributed by atoms with Gasteiger partial charge in [-0.05, 0) is 54.8 Å². The molecule has 0 radical (unpaired) electrons. The van der Waals surface area contributed by atoms with Gasteiger partial charge in [0.25, 0.3) is 0 Å². The Kier molecular flexibility index (Phi) is 5.49. The van der Waals surface area contributed by atoms with Crippen LogP contribution in [0.5, 0.6) is 0 Å². The summed E-state index contributed by atoms with van der Waals surface area (Å²) in [6, 6.07) is 13.0. The lowest BCUT2D eigenvalue weighted by Gasteiger charge is -2.39. The number of hydrogen-bond donors (Lipinski definition) is 1. The molecule has 0 spiro atoms. The zero-order valence-electron chi connectivity index (χ0n) is 15.6. The second-order valence-electron chi connectivity index (χ2n) is 7.14. The smallest absolute Gasteiger partial charge is 0.224 e. The van der Waals surface area contributed by atoms with Crippen molar-refractivity contribution >= 4 is 38.7 Å². The maximum Gasteiger partial charge on any atom is 0.224 e. The molecule has 1 N–H and O–H groups in total. The van der Waals surface area contributed by atoms with E-state index in [0.29, 0.717) is 5.02 Å². The number of halogens is 1. The minimum atomic E-state index is -3.14. The summed E-state index contributed by atoms with van der Waals surface area (Å²) in [5.74, 6) is -0.0478. The second kappa shape index (κ2) is 7.52. The molecule has 2 atom stereocenters. The van der Waals surface area contributed by atoms with E-state index in [-0.39, 0.29) is 23.7 Å². The third-order valence-electron chi connectivity index (χ3n) is 4.70. The lowest BCUT2D eigenvalue weighted by atomic mass is 9.90. The summed E-state index contributed by atoms with van der Waals surface area (Å²) in [6.45, 7) is 3.57. The standard InChI is InChI=1S/C20H23ClN2O3S/c1-13-10-19(22-17-7-5-16(21)6-8-17)18-11-15(12-27(3,25)26)4-9-20(18)23(13)14(2)24/h4-9,11,13,19,22H,10,12H2,1-3H3. The lowest BCUT2D eigenvalue weighted by molar-refractivity contribution is -0.117. The fraction of sp³-hybridized carbons (Fsp3) is 0.350. The van der Waals surface area contributed by atoms with Gasteiger partial charge in [-0.25, -0.2) is 8.42 Å². The highest BCUT2D eigenvalue weighted by Gasteiger charge is 2.32. The van der Waals surface area contributed by atoms with Gasteiger partial charge in [0.1, 0.15) is 0 Å². The molecule has 2 unspecified atom stereocenters. The van der Waals surface area contributed by atoms with E-state index in [1.807, 2.05) is 43.3 Å². The summed E-state index contributed by atoms with van der Waals surface area (Å²) in [5.41, 5.74) is 3.40. The number of sulfone groups is 1. The van der Waals surface area contributed by atoms with Gasteiger partial charge in [0.15, 0.2) is 9.84 Å². The number of rotatable bonds is 4. The van der Waals surface area contributed by atoms with E-state index in [1.165, 1.54) is 6.26 Å². The van der Waals surface area contributed by atoms with Crippen molar-refractivity contribution in [1.29, 1.82) is 0 Å². The van der Waals surface area contributed by atoms with Gasteiger partial charge >= 0.3 is 0 Å². The van der Waals surface area contributed by atoms with Crippen molar-refractivity contribution in [2.24, 2.45) is 0 Å². The van der Waals surface area contributed by atoms with Crippen LogP contribution in [0, 0.1) is 0 Å². The monoisotopic (exact) mass is 406 g/mol. The number of fused-ring (bicyclic) bond motifs is 1. The molecule has 1 aliphatic heterocycles. The van der Waals surface area contributed by atoms with E-state index in [2.05, 4.69) is 5.32 Å². The van der Waals surface area contributed by atoms with Gasteiger partial charge < -0.3 is 10.2 Å². The van der Waals surface area contributed by atoms with Crippen molar-refractivity contribution in [2.75, 3.05) is 16.5 Å².